The lowest BCUT2D eigenvalue weighted by Crippen LogP contribution is -2.38. The van der Waals surface area contributed by atoms with Gasteiger partial charge >= 0.3 is 6.03 Å². The van der Waals surface area contributed by atoms with Crippen molar-refractivity contribution in [3.8, 4) is 11.1 Å². The SMILES string of the molecule is Cc1cccc(-c2cccc(CNC(=O)N(C)CCn3cnnc3)c2)c1. The second-order valence-electron chi connectivity index (χ2n) is 6.35. The van der Waals surface area contributed by atoms with E-state index in [1.165, 1.54) is 11.1 Å². The van der Waals surface area contributed by atoms with Crippen molar-refractivity contribution in [3.63, 3.8) is 0 Å². The largest absolute Gasteiger partial charge is 0.334 e. The lowest BCUT2D eigenvalue weighted by Gasteiger charge is -2.18. The Morgan fingerprint density at radius 3 is 2.50 bits per heavy atom. The van der Waals surface area contributed by atoms with Crippen LogP contribution in [-0.4, -0.2) is 39.3 Å². The number of nitrogens with zero attached hydrogens (tertiary/aromatic N) is 4. The molecule has 26 heavy (non-hydrogen) atoms. The number of rotatable bonds is 6. The molecule has 2 aromatic carbocycles. The van der Waals surface area contributed by atoms with Gasteiger partial charge in [-0.3, -0.25) is 0 Å². The summed E-state index contributed by atoms with van der Waals surface area (Å²) >= 11 is 0. The van der Waals surface area contributed by atoms with Crippen LogP contribution in [0.3, 0.4) is 0 Å². The van der Waals surface area contributed by atoms with E-state index in [-0.39, 0.29) is 6.03 Å². The van der Waals surface area contributed by atoms with Gasteiger partial charge in [-0.1, -0.05) is 48.0 Å². The van der Waals surface area contributed by atoms with Gasteiger partial charge in [0.1, 0.15) is 12.7 Å². The quantitative estimate of drug-likeness (QED) is 0.744. The molecule has 0 radical (unpaired) electrons. The maximum Gasteiger partial charge on any atom is 0.317 e. The van der Waals surface area contributed by atoms with Gasteiger partial charge in [-0.15, -0.1) is 10.2 Å². The van der Waals surface area contributed by atoms with Crippen molar-refractivity contribution in [2.75, 3.05) is 13.6 Å². The normalized spacial score (nSPS) is 10.5. The summed E-state index contributed by atoms with van der Waals surface area (Å²) < 4.78 is 1.84. The highest BCUT2D eigenvalue weighted by molar-refractivity contribution is 5.74. The minimum absolute atomic E-state index is 0.0981. The van der Waals surface area contributed by atoms with Crippen LogP contribution in [0.2, 0.25) is 0 Å². The van der Waals surface area contributed by atoms with Crippen LogP contribution in [0, 0.1) is 6.92 Å². The highest BCUT2D eigenvalue weighted by Gasteiger charge is 2.08. The molecule has 134 valence electrons. The molecule has 6 heteroatoms. The van der Waals surface area contributed by atoms with Crippen LogP contribution >= 0.6 is 0 Å². The number of aryl methyl sites for hydroxylation is 1. The molecule has 1 N–H and O–H groups in total. The maximum atomic E-state index is 12.2. The second-order valence-corrected chi connectivity index (χ2v) is 6.35. The van der Waals surface area contributed by atoms with Gasteiger partial charge in [0.25, 0.3) is 0 Å². The number of aromatic nitrogens is 3. The Morgan fingerprint density at radius 1 is 1.08 bits per heavy atom. The summed E-state index contributed by atoms with van der Waals surface area (Å²) in [7, 11) is 1.78. The molecule has 0 atom stereocenters. The van der Waals surface area contributed by atoms with E-state index in [9.17, 15) is 4.79 Å². The number of hydrogen-bond acceptors (Lipinski definition) is 3. The zero-order chi connectivity index (χ0) is 18.4. The van der Waals surface area contributed by atoms with Crippen molar-refractivity contribution in [1.29, 1.82) is 0 Å². The Hall–Kier alpha value is -3.15. The number of urea groups is 1. The average molecular weight is 349 g/mol. The fraction of sp³-hybridized carbons (Fsp3) is 0.250. The average Bonchev–Trinajstić information content (AvgIpc) is 3.18. The van der Waals surface area contributed by atoms with Crippen molar-refractivity contribution in [2.45, 2.75) is 20.0 Å². The molecular formula is C20H23N5O. The Labute approximate surface area is 153 Å². The van der Waals surface area contributed by atoms with Crippen molar-refractivity contribution >= 4 is 6.03 Å². The van der Waals surface area contributed by atoms with Gasteiger partial charge in [-0.2, -0.15) is 0 Å². The number of carbonyl (C=O) groups is 1. The molecule has 0 saturated heterocycles. The van der Waals surface area contributed by atoms with Gasteiger partial charge in [-0.25, -0.2) is 4.79 Å². The summed E-state index contributed by atoms with van der Waals surface area (Å²) in [5.41, 5.74) is 4.64. The Balaban J connectivity index is 1.55. The molecule has 0 unspecified atom stereocenters. The Morgan fingerprint density at radius 2 is 1.77 bits per heavy atom. The van der Waals surface area contributed by atoms with E-state index < -0.39 is 0 Å². The van der Waals surface area contributed by atoms with Crippen LogP contribution in [0.15, 0.2) is 61.2 Å². The molecule has 3 aromatic rings. The molecule has 0 saturated carbocycles. The third kappa shape index (κ3) is 4.69. The summed E-state index contributed by atoms with van der Waals surface area (Å²) in [5, 5.41) is 10.5. The fourth-order valence-corrected chi connectivity index (χ4v) is 2.70. The first-order valence-corrected chi connectivity index (χ1v) is 8.59. The summed E-state index contributed by atoms with van der Waals surface area (Å²) in [5.74, 6) is 0. The molecule has 0 fully saturated rings. The standard InChI is InChI=1S/C20H23N5O/c1-16-5-3-7-18(11-16)19-8-4-6-17(12-19)13-21-20(26)24(2)9-10-25-14-22-23-15-25/h3-8,11-12,14-15H,9-10,13H2,1-2H3,(H,21,26). The van der Waals surface area contributed by atoms with Crippen LogP contribution in [0.25, 0.3) is 11.1 Å². The van der Waals surface area contributed by atoms with Crippen molar-refractivity contribution < 1.29 is 4.79 Å². The van der Waals surface area contributed by atoms with Gasteiger partial charge < -0.3 is 14.8 Å². The minimum Gasteiger partial charge on any atom is -0.334 e. The molecule has 0 aliphatic heterocycles. The van der Waals surface area contributed by atoms with Gasteiger partial charge in [0.05, 0.1) is 0 Å². The molecule has 1 aromatic heterocycles. The highest BCUT2D eigenvalue weighted by Crippen LogP contribution is 2.21. The number of amides is 2. The first kappa shape index (κ1) is 17.7. The van der Waals surface area contributed by atoms with E-state index in [4.69, 9.17) is 0 Å². The molecule has 1 heterocycles. The molecule has 0 aliphatic carbocycles. The van der Waals surface area contributed by atoms with Gasteiger partial charge in [-0.05, 0) is 29.7 Å². The van der Waals surface area contributed by atoms with Gasteiger partial charge in [0.2, 0.25) is 0 Å². The zero-order valence-corrected chi connectivity index (χ0v) is 15.1. The predicted molar refractivity (Wildman–Crippen MR) is 102 cm³/mol. The van der Waals surface area contributed by atoms with Crippen LogP contribution in [0.5, 0.6) is 0 Å². The van der Waals surface area contributed by atoms with E-state index in [0.29, 0.717) is 19.6 Å². The molecule has 0 aliphatic rings. The third-order valence-corrected chi connectivity index (χ3v) is 4.23. The van der Waals surface area contributed by atoms with E-state index in [2.05, 4.69) is 58.8 Å². The van der Waals surface area contributed by atoms with E-state index >= 15 is 0 Å². The highest BCUT2D eigenvalue weighted by atomic mass is 16.2. The summed E-state index contributed by atoms with van der Waals surface area (Å²) in [6.45, 7) is 3.84. The summed E-state index contributed by atoms with van der Waals surface area (Å²) in [6, 6.07) is 16.6. The van der Waals surface area contributed by atoms with Gasteiger partial charge in [0, 0.05) is 26.7 Å². The van der Waals surface area contributed by atoms with E-state index in [1.54, 1.807) is 24.6 Å². The number of carbonyl (C=O) groups excluding carboxylic acids is 1. The lowest BCUT2D eigenvalue weighted by molar-refractivity contribution is 0.206. The number of hydrogen-bond donors (Lipinski definition) is 1. The van der Waals surface area contributed by atoms with Crippen molar-refractivity contribution in [1.82, 2.24) is 25.0 Å². The lowest BCUT2D eigenvalue weighted by atomic mass is 10.0. The third-order valence-electron chi connectivity index (χ3n) is 4.23. The number of nitrogens with one attached hydrogen (secondary N) is 1. The van der Waals surface area contributed by atoms with Crippen molar-refractivity contribution in [2.24, 2.45) is 0 Å². The minimum atomic E-state index is -0.0981. The number of likely N-dealkylation sites (N-methyl/N-ethyl adjacent to an activating group) is 1. The summed E-state index contributed by atoms with van der Waals surface area (Å²) in [6.07, 6.45) is 3.28. The second kappa shape index (κ2) is 8.29. The summed E-state index contributed by atoms with van der Waals surface area (Å²) in [4.78, 5) is 13.9. The topological polar surface area (TPSA) is 63.1 Å². The molecule has 0 spiro atoms. The molecule has 6 nitrogen and oxygen atoms in total. The van der Waals surface area contributed by atoms with Crippen LogP contribution < -0.4 is 5.32 Å². The molecular weight excluding hydrogens is 326 g/mol. The van der Waals surface area contributed by atoms with Crippen LogP contribution in [0.1, 0.15) is 11.1 Å². The zero-order valence-electron chi connectivity index (χ0n) is 15.1. The predicted octanol–water partition coefficient (Wildman–Crippen LogP) is 3.10. The smallest absolute Gasteiger partial charge is 0.317 e. The van der Waals surface area contributed by atoms with E-state index in [1.807, 2.05) is 16.7 Å². The maximum absolute atomic E-state index is 12.2. The monoisotopic (exact) mass is 349 g/mol. The fourth-order valence-electron chi connectivity index (χ4n) is 2.70. The first-order valence-electron chi connectivity index (χ1n) is 8.59. The number of benzene rings is 2. The van der Waals surface area contributed by atoms with Crippen LogP contribution in [0.4, 0.5) is 4.79 Å². The first-order chi connectivity index (χ1) is 12.6. The van der Waals surface area contributed by atoms with Crippen LogP contribution in [-0.2, 0) is 13.1 Å². The molecule has 3 rings (SSSR count). The Bertz CT molecular complexity index is 860. The Kier molecular flexibility index (Phi) is 5.63. The van der Waals surface area contributed by atoms with E-state index in [0.717, 1.165) is 11.1 Å². The molecule has 2 amide bonds. The van der Waals surface area contributed by atoms with Crippen molar-refractivity contribution in [3.05, 3.63) is 72.3 Å². The van der Waals surface area contributed by atoms with Gasteiger partial charge in [0.15, 0.2) is 0 Å². The molecule has 0 bridgehead atoms.